The van der Waals surface area contributed by atoms with Gasteiger partial charge in [0.25, 0.3) is 0 Å². The summed E-state index contributed by atoms with van der Waals surface area (Å²) in [4.78, 5) is 11.7. The Hall–Kier alpha value is -2.83. The zero-order valence-corrected chi connectivity index (χ0v) is 16.4. The number of thiol groups is 1. The van der Waals surface area contributed by atoms with Crippen LogP contribution in [0.5, 0.6) is 0 Å². The normalized spacial score (nSPS) is 21.8. The lowest BCUT2D eigenvalue weighted by Crippen LogP contribution is -2.62. The summed E-state index contributed by atoms with van der Waals surface area (Å²) in [6, 6.07) is 0.206. The predicted octanol–water partition coefficient (Wildman–Crippen LogP) is 4.54. The number of guanidine groups is 1. The second kappa shape index (κ2) is 7.39. The van der Waals surface area contributed by atoms with E-state index in [1.54, 1.807) is 0 Å². The number of benzene rings is 2. The lowest BCUT2D eigenvalue weighted by Gasteiger charge is -2.48. The summed E-state index contributed by atoms with van der Waals surface area (Å²) in [5.41, 5.74) is -6.19. The van der Waals surface area contributed by atoms with Gasteiger partial charge < -0.3 is 0 Å². The van der Waals surface area contributed by atoms with Crippen LogP contribution in [0.2, 0.25) is 0 Å². The Balaban J connectivity index is 2.48. The maximum absolute atomic E-state index is 15.2. The molecule has 166 valence electrons. The largest absolute Gasteiger partial charge is 0.283 e. The molecule has 3 rings (SSSR count). The summed E-state index contributed by atoms with van der Waals surface area (Å²) in [5, 5.41) is 6.98. The molecule has 0 bridgehead atoms. The highest BCUT2D eigenvalue weighted by Gasteiger charge is 2.58. The predicted molar refractivity (Wildman–Crippen MR) is 93.4 cm³/mol. The average Bonchev–Trinajstić information content (AvgIpc) is 2.69. The molecule has 0 unspecified atom stereocenters. The van der Waals surface area contributed by atoms with Gasteiger partial charge >= 0.3 is 0 Å². The van der Waals surface area contributed by atoms with Gasteiger partial charge in [-0.1, -0.05) is 4.48 Å². The van der Waals surface area contributed by atoms with Crippen molar-refractivity contribution >= 4 is 24.5 Å². The lowest BCUT2D eigenvalue weighted by molar-refractivity contribution is -0.145. The van der Waals surface area contributed by atoms with E-state index in [1.165, 1.54) is 0 Å². The quantitative estimate of drug-likeness (QED) is 0.294. The fourth-order valence-electron chi connectivity index (χ4n) is 3.57. The van der Waals surface area contributed by atoms with Gasteiger partial charge in [0.05, 0.1) is 16.4 Å². The first-order chi connectivity index (χ1) is 14.3. The summed E-state index contributed by atoms with van der Waals surface area (Å²) in [7, 11) is 0.788. The molecular formula is C18H11F8N3OS. The minimum Gasteiger partial charge on any atom is -0.283 e. The lowest BCUT2D eigenvalue weighted by atomic mass is 9.72. The maximum atomic E-state index is 15.2. The first-order valence-electron chi connectivity index (χ1n) is 8.28. The first-order valence-corrected chi connectivity index (χ1v) is 8.73. The third-order valence-electron chi connectivity index (χ3n) is 5.13. The van der Waals surface area contributed by atoms with Crippen molar-refractivity contribution < 1.29 is 40.0 Å². The highest BCUT2D eigenvalue weighted by molar-refractivity contribution is 7.80. The molecule has 0 aromatic heterocycles. The molecular weight excluding hydrogens is 458 g/mol. The van der Waals surface area contributed by atoms with Crippen LogP contribution in [0.1, 0.15) is 24.0 Å². The molecule has 0 aliphatic carbocycles. The third-order valence-corrected chi connectivity index (χ3v) is 5.52. The van der Waals surface area contributed by atoms with Crippen LogP contribution >= 0.6 is 12.6 Å². The maximum Gasteiger partial charge on any atom is 0.239 e. The van der Waals surface area contributed by atoms with Gasteiger partial charge in [-0.2, -0.15) is 5.12 Å². The molecule has 0 radical (unpaired) electrons. The van der Waals surface area contributed by atoms with Crippen LogP contribution in [0, 0.1) is 46.1 Å². The second-order valence-corrected chi connectivity index (χ2v) is 7.29. The van der Waals surface area contributed by atoms with Crippen molar-refractivity contribution in [3.63, 3.8) is 0 Å². The molecule has 1 aliphatic rings. The fraction of sp³-hybridized carbons (Fsp3) is 0.222. The molecule has 1 aliphatic heterocycles. The Morgan fingerprint density at radius 3 is 1.87 bits per heavy atom. The summed E-state index contributed by atoms with van der Waals surface area (Å²) in [6.07, 6.45) is 0. The van der Waals surface area contributed by atoms with Gasteiger partial charge in [0, 0.05) is 24.7 Å². The smallest absolute Gasteiger partial charge is 0.239 e. The van der Waals surface area contributed by atoms with Crippen molar-refractivity contribution in [2.45, 2.75) is 23.3 Å². The van der Waals surface area contributed by atoms with Gasteiger partial charge in [-0.25, -0.2) is 30.7 Å². The Labute approximate surface area is 174 Å². The zero-order chi connectivity index (χ0) is 23.6. The van der Waals surface area contributed by atoms with Gasteiger partial charge in [0.2, 0.25) is 11.9 Å². The van der Waals surface area contributed by atoms with E-state index >= 15 is 4.48 Å². The molecule has 0 saturated carbocycles. The van der Waals surface area contributed by atoms with Crippen LogP contribution in [0.3, 0.4) is 0 Å². The molecule has 1 heterocycles. The van der Waals surface area contributed by atoms with E-state index in [0.717, 1.165) is 7.05 Å². The van der Waals surface area contributed by atoms with Crippen LogP contribution in [-0.2, 0) is 10.3 Å². The van der Waals surface area contributed by atoms with Crippen molar-refractivity contribution in [1.29, 1.82) is 5.41 Å². The van der Waals surface area contributed by atoms with Gasteiger partial charge in [-0.3, -0.25) is 15.1 Å². The zero-order valence-electron chi connectivity index (χ0n) is 15.5. The Morgan fingerprint density at radius 2 is 1.42 bits per heavy atom. The topological polar surface area (TPSA) is 47.4 Å². The van der Waals surface area contributed by atoms with Crippen molar-refractivity contribution in [3.8, 4) is 0 Å². The number of amides is 1. The molecule has 1 N–H and O–H groups in total. The first kappa shape index (κ1) is 22.8. The standard InChI is InChI=1S/C18H11F8N3OS/c1-18(9-6(20)3-5(19)4-7(9)21)10(16(30)28(2)17(27)29(18)26)8-11(22)13(24)15(31)14(25)12(8)23/h3-4,10,27,31H,1-2H3/t10-,18+/m0/s1. The Bertz CT molecular complexity index is 1090. The third kappa shape index (κ3) is 3.05. The van der Waals surface area contributed by atoms with Gasteiger partial charge in [-0.05, 0) is 6.92 Å². The van der Waals surface area contributed by atoms with E-state index in [2.05, 4.69) is 12.6 Å². The minimum absolute atomic E-state index is 0.103. The molecule has 4 nitrogen and oxygen atoms in total. The molecule has 1 saturated heterocycles. The van der Waals surface area contributed by atoms with E-state index < -0.39 is 85.2 Å². The van der Waals surface area contributed by atoms with Crippen LogP contribution in [0.4, 0.5) is 35.2 Å². The minimum atomic E-state index is -3.10. The number of likely N-dealkylation sites (N-methyl/N-ethyl adjacent to an activating group) is 1. The number of hydrogen-bond acceptors (Lipinski definition) is 3. The summed E-state index contributed by atoms with van der Waals surface area (Å²) in [6.45, 7) is 0.569. The summed E-state index contributed by atoms with van der Waals surface area (Å²) < 4.78 is 115. The van der Waals surface area contributed by atoms with E-state index in [-0.39, 0.29) is 17.0 Å². The average molecular weight is 469 g/mol. The Kier molecular flexibility index (Phi) is 5.45. The highest BCUT2D eigenvalue weighted by atomic mass is 32.1. The van der Waals surface area contributed by atoms with E-state index in [4.69, 9.17) is 5.41 Å². The van der Waals surface area contributed by atoms with E-state index in [9.17, 15) is 35.5 Å². The van der Waals surface area contributed by atoms with Crippen LogP contribution in [-0.4, -0.2) is 28.9 Å². The molecule has 0 spiro atoms. The van der Waals surface area contributed by atoms with E-state index in [0.29, 0.717) is 6.92 Å². The molecule has 2 aromatic rings. The Morgan fingerprint density at radius 1 is 0.968 bits per heavy atom. The number of carbonyl (C=O) groups is 1. The van der Waals surface area contributed by atoms with Crippen molar-refractivity contribution in [3.05, 3.63) is 64.0 Å². The number of hydrogen-bond donors (Lipinski definition) is 2. The molecule has 1 amide bonds. The van der Waals surface area contributed by atoms with Crippen molar-refractivity contribution in [1.82, 2.24) is 10.0 Å². The monoisotopic (exact) mass is 469 g/mol. The molecule has 13 heteroatoms. The SMILES string of the molecule is CN1C(=N)N(F)[C@](C)(c2c(F)cc(F)cc2F)[C@@H](c2c(F)c(F)c(S)c(F)c2F)C1=O. The van der Waals surface area contributed by atoms with Crippen molar-refractivity contribution in [2.75, 3.05) is 7.05 Å². The summed E-state index contributed by atoms with van der Waals surface area (Å²) in [5.74, 6) is -18.9. The highest BCUT2D eigenvalue weighted by Crippen LogP contribution is 2.50. The van der Waals surface area contributed by atoms with Crippen LogP contribution in [0.25, 0.3) is 0 Å². The van der Waals surface area contributed by atoms with Crippen LogP contribution < -0.4 is 0 Å². The number of nitrogens with one attached hydrogen (secondary N) is 1. The molecule has 1 fully saturated rings. The van der Waals surface area contributed by atoms with Crippen LogP contribution in [0.15, 0.2) is 17.0 Å². The van der Waals surface area contributed by atoms with Crippen molar-refractivity contribution in [2.24, 2.45) is 0 Å². The molecule has 2 atom stereocenters. The second-order valence-electron chi connectivity index (χ2n) is 6.84. The number of rotatable bonds is 2. The fourth-order valence-corrected chi connectivity index (χ4v) is 3.76. The number of nitrogens with zero attached hydrogens (tertiary/aromatic N) is 2. The van der Waals surface area contributed by atoms with Gasteiger partial charge in [0.15, 0.2) is 23.3 Å². The molecule has 2 aromatic carbocycles. The molecule has 31 heavy (non-hydrogen) atoms. The summed E-state index contributed by atoms with van der Waals surface area (Å²) >= 11 is 3.29. The van der Waals surface area contributed by atoms with Gasteiger partial charge in [-0.15, -0.1) is 12.6 Å². The number of carbonyl (C=O) groups excluding carboxylic acids is 1. The van der Waals surface area contributed by atoms with E-state index in [1.807, 2.05) is 0 Å². The van der Waals surface area contributed by atoms with Gasteiger partial charge in [0.1, 0.15) is 23.0 Å². The number of halogens is 8.